The molecule has 4 rings (SSSR count). The number of nitrogens with zero attached hydrogens (tertiary/aromatic N) is 3. The second kappa shape index (κ2) is 7.25. The van der Waals surface area contributed by atoms with Crippen molar-refractivity contribution in [3.63, 3.8) is 0 Å². The molecular formula is C19H17F3N4O3S. The van der Waals surface area contributed by atoms with Gasteiger partial charge in [-0.3, -0.25) is 9.78 Å². The number of hydrogen-bond acceptors (Lipinski definition) is 5. The number of alkyl halides is 3. The molecule has 1 N–H and O–H groups in total. The van der Waals surface area contributed by atoms with Crippen LogP contribution in [0.5, 0.6) is 0 Å². The highest BCUT2D eigenvalue weighted by molar-refractivity contribution is 7.95. The van der Waals surface area contributed by atoms with Crippen LogP contribution < -0.4 is 5.43 Å². The fraction of sp³-hybridized carbons (Fsp3) is 0.316. The van der Waals surface area contributed by atoms with Crippen LogP contribution >= 0.6 is 0 Å². The van der Waals surface area contributed by atoms with Crippen LogP contribution in [0.3, 0.4) is 0 Å². The molecule has 2 aliphatic rings. The summed E-state index contributed by atoms with van der Waals surface area (Å²) >= 11 is 0. The van der Waals surface area contributed by atoms with Crippen LogP contribution in [-0.4, -0.2) is 38.6 Å². The molecule has 30 heavy (non-hydrogen) atoms. The highest BCUT2D eigenvalue weighted by Crippen LogP contribution is 2.41. The number of carbonyl (C=O) groups is 1. The van der Waals surface area contributed by atoms with Gasteiger partial charge in [-0.05, 0) is 37.1 Å². The smallest absolute Gasteiger partial charge is 0.416 e. The number of hydrogen-bond donors (Lipinski definition) is 1. The predicted octanol–water partition coefficient (Wildman–Crippen LogP) is 2.62. The van der Waals surface area contributed by atoms with Crippen LogP contribution in [0.4, 0.5) is 13.2 Å². The van der Waals surface area contributed by atoms with Crippen molar-refractivity contribution in [3.05, 3.63) is 59.9 Å². The van der Waals surface area contributed by atoms with Crippen LogP contribution in [-0.2, 0) is 25.6 Å². The SMILES string of the molecule is O=C1NN=C(c2ccncc2)C12CCN([S+](=O)([O-])c1cccc(C(F)(F)F)c1)CC2. The van der Waals surface area contributed by atoms with Crippen molar-refractivity contribution in [3.8, 4) is 0 Å². The Morgan fingerprint density at radius 1 is 1.13 bits per heavy atom. The van der Waals surface area contributed by atoms with Gasteiger partial charge in [0.25, 0.3) is 5.91 Å². The van der Waals surface area contributed by atoms with E-state index in [0.29, 0.717) is 17.3 Å². The summed E-state index contributed by atoms with van der Waals surface area (Å²) in [6.07, 6.45) is -1.17. The van der Waals surface area contributed by atoms with Crippen LogP contribution in [0, 0.1) is 5.41 Å². The standard InChI is InChI=1S/C19H17F3N4O3S/c20-19(21,22)14-2-1-3-15(12-14)30(28,29)26-10-6-18(7-11-26)16(24-25-17(18)27)13-4-8-23-9-5-13/h1-5,8-9,12H,6-7,10-11H2,(H-,23,25,27,28,29). The van der Waals surface area contributed by atoms with E-state index >= 15 is 0 Å². The summed E-state index contributed by atoms with van der Waals surface area (Å²) in [5.74, 6) is -0.314. The number of pyridine rings is 1. The number of sulfonamides is 1. The third-order valence-corrected chi connectivity index (χ3v) is 7.38. The molecular weight excluding hydrogens is 421 g/mol. The van der Waals surface area contributed by atoms with Crippen molar-refractivity contribution in [2.45, 2.75) is 23.9 Å². The van der Waals surface area contributed by atoms with Crippen LogP contribution in [0.1, 0.15) is 24.0 Å². The summed E-state index contributed by atoms with van der Waals surface area (Å²) < 4.78 is 65.9. The van der Waals surface area contributed by atoms with E-state index in [1.807, 2.05) is 0 Å². The minimum Gasteiger partial charge on any atom is -0.593 e. The van der Waals surface area contributed by atoms with Crippen LogP contribution in [0.2, 0.25) is 0 Å². The minimum atomic E-state index is -4.64. The van der Waals surface area contributed by atoms with E-state index in [2.05, 4.69) is 15.5 Å². The highest BCUT2D eigenvalue weighted by Gasteiger charge is 2.52. The monoisotopic (exact) mass is 438 g/mol. The minimum absolute atomic E-state index is 0.0178. The first-order valence-electron chi connectivity index (χ1n) is 9.11. The number of rotatable bonds is 3. The first kappa shape index (κ1) is 20.6. The molecule has 7 nitrogen and oxygen atoms in total. The summed E-state index contributed by atoms with van der Waals surface area (Å²) in [6.45, 7) is -0.0355. The molecule has 1 aromatic heterocycles. The van der Waals surface area contributed by atoms with E-state index < -0.39 is 32.4 Å². The second-order valence-electron chi connectivity index (χ2n) is 7.15. The van der Waals surface area contributed by atoms with E-state index in [4.69, 9.17) is 0 Å². The summed E-state index contributed by atoms with van der Waals surface area (Å²) in [5.41, 5.74) is 1.69. The molecule has 0 saturated carbocycles. The van der Waals surface area contributed by atoms with Gasteiger partial charge in [-0.2, -0.15) is 18.3 Å². The topological polar surface area (TPSA) is 97.7 Å². The molecule has 2 aromatic rings. The van der Waals surface area contributed by atoms with Gasteiger partial charge < -0.3 is 4.55 Å². The first-order chi connectivity index (χ1) is 14.1. The number of nitrogens with one attached hydrogen (secondary N) is 1. The zero-order valence-electron chi connectivity index (χ0n) is 15.6. The molecule has 1 atom stereocenters. The molecule has 1 saturated heterocycles. The van der Waals surface area contributed by atoms with Crippen molar-refractivity contribution in [2.75, 3.05) is 13.1 Å². The lowest BCUT2D eigenvalue weighted by Crippen LogP contribution is -2.51. The van der Waals surface area contributed by atoms with E-state index in [9.17, 15) is 26.7 Å². The number of amides is 1. The average molecular weight is 438 g/mol. The molecule has 2 aliphatic heterocycles. The van der Waals surface area contributed by atoms with Crippen LogP contribution in [0.15, 0.2) is 58.8 Å². The van der Waals surface area contributed by atoms with E-state index in [1.54, 1.807) is 24.5 Å². The lowest BCUT2D eigenvalue weighted by Gasteiger charge is -2.38. The molecule has 0 bridgehead atoms. The Morgan fingerprint density at radius 2 is 1.80 bits per heavy atom. The molecule has 1 aromatic carbocycles. The maximum absolute atomic E-state index is 13.0. The molecule has 3 heterocycles. The van der Waals surface area contributed by atoms with E-state index in [1.165, 1.54) is 0 Å². The van der Waals surface area contributed by atoms with Gasteiger partial charge >= 0.3 is 6.18 Å². The molecule has 11 heteroatoms. The Kier molecular flexibility index (Phi) is 4.99. The third kappa shape index (κ3) is 3.42. The largest absolute Gasteiger partial charge is 0.593 e. The number of hydrazone groups is 1. The van der Waals surface area contributed by atoms with Crippen molar-refractivity contribution < 1.29 is 26.7 Å². The van der Waals surface area contributed by atoms with E-state index in [-0.39, 0.29) is 31.8 Å². The molecule has 1 amide bonds. The maximum Gasteiger partial charge on any atom is 0.416 e. The van der Waals surface area contributed by atoms with Gasteiger partial charge in [-0.1, -0.05) is 10.3 Å². The fourth-order valence-corrected chi connectivity index (χ4v) is 5.32. The quantitative estimate of drug-likeness (QED) is 0.745. The molecule has 1 spiro atoms. The van der Waals surface area contributed by atoms with Gasteiger partial charge in [0.15, 0.2) is 15.3 Å². The molecule has 1 unspecified atom stereocenters. The Bertz CT molecular complexity index is 1050. The van der Waals surface area contributed by atoms with Gasteiger partial charge in [0.2, 0.25) is 0 Å². The number of benzene rings is 1. The molecule has 0 aliphatic carbocycles. The third-order valence-electron chi connectivity index (χ3n) is 5.49. The van der Waals surface area contributed by atoms with Crippen molar-refractivity contribution in [1.29, 1.82) is 0 Å². The van der Waals surface area contributed by atoms with Gasteiger partial charge in [0.05, 0.1) is 16.7 Å². The normalized spacial score (nSPS) is 21.2. The van der Waals surface area contributed by atoms with Gasteiger partial charge in [0, 0.05) is 37.1 Å². The van der Waals surface area contributed by atoms with Gasteiger partial charge in [-0.15, -0.1) is 4.31 Å². The summed E-state index contributed by atoms with van der Waals surface area (Å²) in [7, 11) is -4.14. The summed E-state index contributed by atoms with van der Waals surface area (Å²) in [6, 6.07) is 7.09. The number of halogens is 3. The van der Waals surface area contributed by atoms with E-state index in [0.717, 1.165) is 22.5 Å². The average Bonchev–Trinajstić information content (AvgIpc) is 3.04. The lowest BCUT2D eigenvalue weighted by atomic mass is 9.73. The Labute approximate surface area is 171 Å². The van der Waals surface area contributed by atoms with Crippen molar-refractivity contribution in [2.24, 2.45) is 10.5 Å². The second-order valence-corrected chi connectivity index (χ2v) is 9.09. The van der Waals surface area contributed by atoms with Crippen molar-refractivity contribution in [1.82, 2.24) is 14.7 Å². The lowest BCUT2D eigenvalue weighted by molar-refractivity contribution is -0.137. The molecule has 1 fully saturated rings. The Balaban J connectivity index is 1.58. The zero-order chi connectivity index (χ0) is 21.6. The maximum atomic E-state index is 13.0. The summed E-state index contributed by atoms with van der Waals surface area (Å²) in [4.78, 5) is 16.1. The fourth-order valence-electron chi connectivity index (χ4n) is 3.83. The zero-order valence-corrected chi connectivity index (χ0v) is 16.4. The van der Waals surface area contributed by atoms with Crippen molar-refractivity contribution >= 4 is 22.0 Å². The van der Waals surface area contributed by atoms with Gasteiger partial charge in [0.1, 0.15) is 0 Å². The van der Waals surface area contributed by atoms with Gasteiger partial charge in [-0.25, -0.2) is 5.43 Å². The number of piperidine rings is 1. The predicted molar refractivity (Wildman–Crippen MR) is 101 cm³/mol. The Hall–Kier alpha value is -2.63. The summed E-state index contributed by atoms with van der Waals surface area (Å²) in [5, 5.41) is 4.14. The Morgan fingerprint density at radius 3 is 2.43 bits per heavy atom. The molecule has 158 valence electrons. The molecule has 0 radical (unpaired) electrons. The first-order valence-corrected chi connectivity index (χ1v) is 10.5. The number of carbonyl (C=O) groups excluding carboxylic acids is 1. The highest BCUT2D eigenvalue weighted by atomic mass is 32.3. The number of aromatic nitrogens is 1. The van der Waals surface area contributed by atoms with Crippen LogP contribution in [0.25, 0.3) is 0 Å².